The molecule has 2 saturated heterocycles. The molecule has 2 unspecified atom stereocenters. The van der Waals surface area contributed by atoms with E-state index in [4.69, 9.17) is 0 Å². The van der Waals surface area contributed by atoms with Crippen LogP contribution in [0.25, 0.3) is 5.69 Å². The molecule has 36 heavy (non-hydrogen) atoms. The van der Waals surface area contributed by atoms with Crippen LogP contribution < -0.4 is 10.6 Å². The summed E-state index contributed by atoms with van der Waals surface area (Å²) in [7, 11) is 2.14. The minimum absolute atomic E-state index is 0.0848. The average molecular weight is 492 g/mol. The Morgan fingerprint density at radius 2 is 2.00 bits per heavy atom. The number of carbonyl (C=O) groups excluding carboxylic acids is 4. The largest absolute Gasteiger partial charge is 0.346 e. The lowest BCUT2D eigenvalue weighted by molar-refractivity contribution is -0.136. The van der Waals surface area contributed by atoms with Gasteiger partial charge in [-0.3, -0.25) is 29.4 Å². The lowest BCUT2D eigenvalue weighted by Gasteiger charge is -2.31. The highest BCUT2D eigenvalue weighted by atomic mass is 16.2. The van der Waals surface area contributed by atoms with E-state index in [1.807, 2.05) is 12.1 Å². The number of aromatic nitrogens is 3. The maximum absolute atomic E-state index is 13.1. The highest BCUT2D eigenvalue weighted by Gasteiger charge is 2.45. The number of nitrogens with zero attached hydrogens (tertiary/aromatic N) is 5. The lowest BCUT2D eigenvalue weighted by atomic mass is 9.93. The van der Waals surface area contributed by atoms with E-state index < -0.39 is 11.9 Å². The van der Waals surface area contributed by atoms with Crippen molar-refractivity contribution in [2.24, 2.45) is 0 Å². The molecule has 4 amide bonds. The number of benzene rings is 1. The van der Waals surface area contributed by atoms with Gasteiger partial charge < -0.3 is 10.2 Å². The molecule has 6 rings (SSSR count). The normalized spacial score (nSPS) is 25.5. The molecule has 0 bridgehead atoms. The van der Waals surface area contributed by atoms with Crippen LogP contribution in [0.2, 0.25) is 0 Å². The first-order chi connectivity index (χ1) is 17.3. The van der Waals surface area contributed by atoms with Crippen molar-refractivity contribution in [2.75, 3.05) is 13.6 Å². The molecule has 1 saturated carbocycles. The van der Waals surface area contributed by atoms with E-state index in [0.717, 1.165) is 18.5 Å². The van der Waals surface area contributed by atoms with Crippen LogP contribution >= 0.6 is 0 Å². The van der Waals surface area contributed by atoms with Crippen LogP contribution in [-0.4, -0.2) is 79.6 Å². The molecular weight excluding hydrogens is 462 g/mol. The van der Waals surface area contributed by atoms with Crippen molar-refractivity contribution in [3.8, 4) is 5.69 Å². The molecule has 2 N–H and O–H groups in total. The van der Waals surface area contributed by atoms with Crippen LogP contribution in [0.1, 0.15) is 71.4 Å². The zero-order valence-electron chi connectivity index (χ0n) is 20.2. The van der Waals surface area contributed by atoms with Gasteiger partial charge >= 0.3 is 0 Å². The molecular formula is C25H29N7O4. The Morgan fingerprint density at radius 3 is 2.78 bits per heavy atom. The fraction of sp³-hybridized carbons (Fsp3) is 0.520. The Balaban J connectivity index is 1.14. The molecule has 0 radical (unpaired) electrons. The summed E-state index contributed by atoms with van der Waals surface area (Å²) in [6.45, 7) is 1.14. The van der Waals surface area contributed by atoms with Crippen LogP contribution in [0.3, 0.4) is 0 Å². The molecule has 3 fully saturated rings. The van der Waals surface area contributed by atoms with E-state index >= 15 is 0 Å². The van der Waals surface area contributed by atoms with Gasteiger partial charge in [0, 0.05) is 36.7 Å². The number of fused-ring (bicyclic) bond motifs is 1. The van der Waals surface area contributed by atoms with E-state index in [2.05, 4.69) is 32.9 Å². The molecule has 11 nitrogen and oxygen atoms in total. The van der Waals surface area contributed by atoms with Crippen molar-refractivity contribution < 1.29 is 19.2 Å². The van der Waals surface area contributed by atoms with Gasteiger partial charge in [-0.1, -0.05) is 24.1 Å². The number of likely N-dealkylation sites (N-methyl/N-ethyl adjacent to an activating group) is 1. The van der Waals surface area contributed by atoms with Crippen LogP contribution in [0.15, 0.2) is 24.4 Å². The predicted molar refractivity (Wildman–Crippen MR) is 127 cm³/mol. The molecule has 2 atom stereocenters. The third-order valence-corrected chi connectivity index (χ3v) is 8.30. The first-order valence-electron chi connectivity index (χ1n) is 12.6. The quantitative estimate of drug-likeness (QED) is 0.605. The summed E-state index contributed by atoms with van der Waals surface area (Å²) in [4.78, 5) is 53.6. The molecule has 11 heteroatoms. The first-order valence-corrected chi connectivity index (χ1v) is 12.6. The second kappa shape index (κ2) is 8.51. The number of carbonyl (C=O) groups is 4. The van der Waals surface area contributed by atoms with Gasteiger partial charge in [0.15, 0.2) is 5.69 Å². The van der Waals surface area contributed by atoms with Crippen LogP contribution in [0, 0.1) is 0 Å². The van der Waals surface area contributed by atoms with E-state index in [9.17, 15) is 19.2 Å². The fourth-order valence-corrected chi connectivity index (χ4v) is 6.36. The molecule has 4 aliphatic rings. The number of hydrogen-bond acceptors (Lipinski definition) is 7. The maximum atomic E-state index is 13.1. The van der Waals surface area contributed by atoms with Gasteiger partial charge in [0.05, 0.1) is 11.9 Å². The summed E-state index contributed by atoms with van der Waals surface area (Å²) in [5, 5.41) is 13.6. The number of rotatable bonds is 4. The van der Waals surface area contributed by atoms with Gasteiger partial charge in [0.1, 0.15) is 6.04 Å². The van der Waals surface area contributed by atoms with Gasteiger partial charge in [-0.05, 0) is 50.4 Å². The van der Waals surface area contributed by atoms with E-state index in [-0.39, 0.29) is 41.4 Å². The predicted octanol–water partition coefficient (Wildman–Crippen LogP) is 0.775. The van der Waals surface area contributed by atoms with Crippen LogP contribution in [0.4, 0.5) is 0 Å². The van der Waals surface area contributed by atoms with Gasteiger partial charge in [0.25, 0.3) is 11.8 Å². The fourth-order valence-electron chi connectivity index (χ4n) is 6.36. The van der Waals surface area contributed by atoms with Crippen molar-refractivity contribution in [1.29, 1.82) is 0 Å². The monoisotopic (exact) mass is 491 g/mol. The van der Waals surface area contributed by atoms with Crippen molar-refractivity contribution in [3.63, 3.8) is 0 Å². The number of piperidine rings is 1. The molecule has 1 aliphatic carbocycles. The zero-order chi connectivity index (χ0) is 25.0. The lowest BCUT2D eigenvalue weighted by Crippen LogP contribution is -2.52. The SMILES string of the molecule is CN1CC(NC(=O)c2cn(-c3ccc4c(c3)C(=O)N(C3CCC(=O)NC3=O)C4)nn2)CC12CCCC2. The Morgan fingerprint density at radius 1 is 1.19 bits per heavy atom. The van der Waals surface area contributed by atoms with E-state index in [1.165, 1.54) is 35.3 Å². The summed E-state index contributed by atoms with van der Waals surface area (Å²) in [5.74, 6) is -1.26. The minimum Gasteiger partial charge on any atom is -0.346 e. The van der Waals surface area contributed by atoms with Gasteiger partial charge in [-0.15, -0.1) is 5.10 Å². The topological polar surface area (TPSA) is 130 Å². The van der Waals surface area contributed by atoms with Crippen molar-refractivity contribution in [3.05, 3.63) is 41.2 Å². The summed E-state index contributed by atoms with van der Waals surface area (Å²) >= 11 is 0. The van der Waals surface area contributed by atoms with Crippen LogP contribution in [0.5, 0.6) is 0 Å². The molecule has 1 aromatic heterocycles. The van der Waals surface area contributed by atoms with Gasteiger partial charge in [-0.2, -0.15) is 0 Å². The minimum atomic E-state index is -0.661. The number of hydrogen-bond donors (Lipinski definition) is 2. The second-order valence-electron chi connectivity index (χ2n) is 10.5. The highest BCUT2D eigenvalue weighted by Crippen LogP contribution is 2.42. The third kappa shape index (κ3) is 3.78. The maximum Gasteiger partial charge on any atom is 0.273 e. The molecule has 4 heterocycles. The number of nitrogens with one attached hydrogen (secondary N) is 2. The summed E-state index contributed by atoms with van der Waals surface area (Å²) in [6.07, 6.45) is 7.91. The van der Waals surface area contributed by atoms with E-state index in [0.29, 0.717) is 24.2 Å². The highest BCUT2D eigenvalue weighted by molar-refractivity contribution is 6.05. The van der Waals surface area contributed by atoms with Crippen LogP contribution in [-0.2, 0) is 16.1 Å². The molecule has 1 aromatic carbocycles. The third-order valence-electron chi connectivity index (χ3n) is 8.30. The summed E-state index contributed by atoms with van der Waals surface area (Å²) in [5.41, 5.74) is 2.33. The zero-order valence-corrected chi connectivity index (χ0v) is 20.2. The molecule has 1 spiro atoms. The standard InChI is InChI=1S/C25H29N7O4/c1-30-13-16(11-25(30)8-2-3-9-25)26-22(34)19-14-32(29-28-19)17-5-4-15-12-31(24(36)18(15)10-17)20-6-7-21(33)27-23(20)35/h4-5,10,14,16,20H,2-3,6-9,11-13H2,1H3,(H,26,34)(H,27,33,35). The van der Waals surface area contributed by atoms with Gasteiger partial charge in [0.2, 0.25) is 11.8 Å². The smallest absolute Gasteiger partial charge is 0.273 e. The molecule has 3 aliphatic heterocycles. The molecule has 188 valence electrons. The van der Waals surface area contributed by atoms with Crippen molar-refractivity contribution in [2.45, 2.75) is 69.1 Å². The number of amides is 4. The molecule has 2 aromatic rings. The summed E-state index contributed by atoms with van der Waals surface area (Å²) < 4.78 is 1.48. The first kappa shape index (κ1) is 22.8. The van der Waals surface area contributed by atoms with Gasteiger partial charge in [-0.25, -0.2) is 4.68 Å². The Bertz CT molecular complexity index is 1260. The average Bonchev–Trinajstić information content (AvgIpc) is 3.63. The second-order valence-corrected chi connectivity index (χ2v) is 10.5. The Hall–Kier alpha value is -3.60. The number of likely N-dealkylation sites (tertiary alicyclic amines) is 1. The Kier molecular flexibility index (Phi) is 5.40. The van der Waals surface area contributed by atoms with Crippen molar-refractivity contribution >= 4 is 23.6 Å². The Labute approximate surface area is 208 Å². The number of imide groups is 1. The summed E-state index contributed by atoms with van der Waals surface area (Å²) in [6, 6.07) is 4.76. The van der Waals surface area contributed by atoms with E-state index in [1.54, 1.807) is 12.3 Å². The van der Waals surface area contributed by atoms with Crippen molar-refractivity contribution in [1.82, 2.24) is 35.4 Å².